The van der Waals surface area contributed by atoms with Crippen LogP contribution in [0.3, 0.4) is 0 Å². The van der Waals surface area contributed by atoms with Crippen molar-refractivity contribution in [3.63, 3.8) is 0 Å². The molecule has 1 saturated heterocycles. The van der Waals surface area contributed by atoms with Gasteiger partial charge in [-0.3, -0.25) is 0 Å². The summed E-state index contributed by atoms with van der Waals surface area (Å²) in [5, 5.41) is -0.654. The van der Waals surface area contributed by atoms with Gasteiger partial charge in [-0.1, -0.05) is 15.9 Å². The number of sulfone groups is 1. The third-order valence-electron chi connectivity index (χ3n) is 3.37. The predicted molar refractivity (Wildman–Crippen MR) is 89.5 cm³/mol. The normalized spacial score (nSPS) is 16.0. The van der Waals surface area contributed by atoms with Gasteiger partial charge >= 0.3 is 6.09 Å². The van der Waals surface area contributed by atoms with Crippen molar-refractivity contribution in [2.45, 2.75) is 36.5 Å². The van der Waals surface area contributed by atoms with Crippen LogP contribution in [-0.2, 0) is 14.6 Å². The molecule has 0 aromatic heterocycles. The maximum atomic E-state index is 12.7. The summed E-state index contributed by atoms with van der Waals surface area (Å²) in [6.07, 6.45) is -0.495. The van der Waals surface area contributed by atoms with Gasteiger partial charge in [-0.25, -0.2) is 13.2 Å². The largest absolute Gasteiger partial charge is 0.495 e. The first-order valence-corrected chi connectivity index (χ1v) is 9.44. The van der Waals surface area contributed by atoms with Crippen LogP contribution in [-0.4, -0.2) is 50.5 Å². The molecule has 1 amide bonds. The topological polar surface area (TPSA) is 72.9 Å². The zero-order valence-corrected chi connectivity index (χ0v) is 15.9. The van der Waals surface area contributed by atoms with Crippen molar-refractivity contribution in [1.82, 2.24) is 4.90 Å². The minimum absolute atomic E-state index is 0.118. The molecule has 1 heterocycles. The number of amides is 1. The number of likely N-dealkylation sites (tertiary alicyclic amines) is 1. The van der Waals surface area contributed by atoms with Gasteiger partial charge < -0.3 is 14.4 Å². The maximum absolute atomic E-state index is 12.7. The van der Waals surface area contributed by atoms with Crippen LogP contribution in [0.4, 0.5) is 4.79 Å². The van der Waals surface area contributed by atoms with Crippen molar-refractivity contribution in [3.05, 3.63) is 22.7 Å². The van der Waals surface area contributed by atoms with Crippen LogP contribution in [0, 0.1) is 0 Å². The number of ether oxygens (including phenoxy) is 2. The fourth-order valence-electron chi connectivity index (χ4n) is 2.16. The fourth-order valence-corrected chi connectivity index (χ4v) is 4.51. The van der Waals surface area contributed by atoms with E-state index in [0.29, 0.717) is 10.2 Å². The second-order valence-electron chi connectivity index (χ2n) is 6.35. The molecule has 1 aromatic rings. The molecule has 1 aliphatic rings. The van der Waals surface area contributed by atoms with Crippen molar-refractivity contribution in [1.29, 1.82) is 0 Å². The third-order valence-corrected chi connectivity index (χ3v) is 5.97. The predicted octanol–water partition coefficient (Wildman–Crippen LogP) is 2.85. The molecule has 1 aliphatic heterocycles. The lowest BCUT2D eigenvalue weighted by Gasteiger charge is -2.39. The zero-order chi connectivity index (χ0) is 17.4. The van der Waals surface area contributed by atoms with E-state index in [1.165, 1.54) is 18.1 Å². The lowest BCUT2D eigenvalue weighted by atomic mass is 10.2. The first-order valence-electron chi connectivity index (χ1n) is 7.10. The standard InChI is InChI=1S/C15H20BrNO5S/c1-15(2,3)22-14(18)17-8-11(9-17)23(19,20)13-7-10(16)5-6-12(13)21-4/h5-7,11H,8-9H2,1-4H3. The average molecular weight is 406 g/mol. The highest BCUT2D eigenvalue weighted by Crippen LogP contribution is 2.33. The first-order chi connectivity index (χ1) is 10.5. The third kappa shape index (κ3) is 3.98. The van der Waals surface area contributed by atoms with Gasteiger partial charge in [0.2, 0.25) is 0 Å². The van der Waals surface area contributed by atoms with Gasteiger partial charge in [0.1, 0.15) is 21.5 Å². The lowest BCUT2D eigenvalue weighted by molar-refractivity contribution is 0.0139. The summed E-state index contributed by atoms with van der Waals surface area (Å²) in [5.74, 6) is 0.295. The summed E-state index contributed by atoms with van der Waals surface area (Å²) in [7, 11) is -2.16. The molecule has 0 aliphatic carbocycles. The Morgan fingerprint density at radius 2 is 1.91 bits per heavy atom. The summed E-state index contributed by atoms with van der Waals surface area (Å²) < 4.78 is 36.5. The first kappa shape index (κ1) is 18.1. The number of benzene rings is 1. The molecular formula is C15H20BrNO5S. The Balaban J connectivity index is 2.13. The smallest absolute Gasteiger partial charge is 0.410 e. The van der Waals surface area contributed by atoms with E-state index in [1.54, 1.807) is 32.9 Å². The average Bonchev–Trinajstić information content (AvgIpc) is 2.34. The van der Waals surface area contributed by atoms with Crippen molar-refractivity contribution in [3.8, 4) is 5.75 Å². The van der Waals surface area contributed by atoms with Gasteiger partial charge in [0, 0.05) is 17.6 Å². The van der Waals surface area contributed by atoms with Gasteiger partial charge in [-0.2, -0.15) is 0 Å². The lowest BCUT2D eigenvalue weighted by Crippen LogP contribution is -2.57. The quantitative estimate of drug-likeness (QED) is 0.772. The molecule has 0 bridgehead atoms. The molecule has 6 nitrogen and oxygen atoms in total. The van der Waals surface area contributed by atoms with Crippen LogP contribution in [0.5, 0.6) is 5.75 Å². The van der Waals surface area contributed by atoms with Gasteiger partial charge in [0.25, 0.3) is 0 Å². The monoisotopic (exact) mass is 405 g/mol. The van der Waals surface area contributed by atoms with Crippen LogP contribution in [0.25, 0.3) is 0 Å². The Hall–Kier alpha value is -1.28. The van der Waals surface area contributed by atoms with E-state index in [4.69, 9.17) is 9.47 Å². The van der Waals surface area contributed by atoms with Crippen LogP contribution < -0.4 is 4.74 Å². The summed E-state index contributed by atoms with van der Waals surface area (Å²) in [6.45, 7) is 5.54. The molecule has 1 fully saturated rings. The highest BCUT2D eigenvalue weighted by atomic mass is 79.9. The molecular weight excluding hydrogens is 386 g/mol. The summed E-state index contributed by atoms with van der Waals surface area (Å²) in [6, 6.07) is 4.83. The molecule has 0 N–H and O–H groups in total. The minimum atomic E-state index is -3.58. The van der Waals surface area contributed by atoms with Crippen molar-refractivity contribution < 1.29 is 22.7 Å². The Morgan fingerprint density at radius 3 is 2.43 bits per heavy atom. The number of halogens is 1. The second-order valence-corrected chi connectivity index (χ2v) is 9.46. The second kappa shape index (κ2) is 6.32. The SMILES string of the molecule is COc1ccc(Br)cc1S(=O)(=O)C1CN(C(=O)OC(C)(C)C)C1. The van der Waals surface area contributed by atoms with Crippen LogP contribution in [0.1, 0.15) is 20.8 Å². The summed E-state index contributed by atoms with van der Waals surface area (Å²) >= 11 is 3.27. The van der Waals surface area contributed by atoms with E-state index in [9.17, 15) is 13.2 Å². The molecule has 23 heavy (non-hydrogen) atoms. The molecule has 0 unspecified atom stereocenters. The van der Waals surface area contributed by atoms with E-state index in [0.717, 1.165) is 0 Å². The van der Waals surface area contributed by atoms with Gasteiger partial charge in [0.15, 0.2) is 9.84 Å². The van der Waals surface area contributed by atoms with Gasteiger partial charge in [0.05, 0.1) is 7.11 Å². The van der Waals surface area contributed by atoms with Gasteiger partial charge in [-0.05, 0) is 39.0 Å². The molecule has 2 rings (SSSR count). The van der Waals surface area contributed by atoms with E-state index in [1.807, 2.05) is 0 Å². The van der Waals surface area contributed by atoms with Crippen molar-refractivity contribution in [2.24, 2.45) is 0 Å². The summed E-state index contributed by atoms with van der Waals surface area (Å²) in [5.41, 5.74) is -0.603. The fraction of sp³-hybridized carbons (Fsp3) is 0.533. The van der Waals surface area contributed by atoms with E-state index in [-0.39, 0.29) is 18.0 Å². The minimum Gasteiger partial charge on any atom is -0.495 e. The Morgan fingerprint density at radius 1 is 1.30 bits per heavy atom. The van der Waals surface area contributed by atoms with Crippen LogP contribution in [0.15, 0.2) is 27.6 Å². The molecule has 128 valence electrons. The Labute approximate surface area is 144 Å². The van der Waals surface area contributed by atoms with Crippen molar-refractivity contribution >= 4 is 31.9 Å². The molecule has 0 atom stereocenters. The molecule has 1 aromatic carbocycles. The highest BCUT2D eigenvalue weighted by Gasteiger charge is 2.43. The van der Waals surface area contributed by atoms with Crippen molar-refractivity contribution in [2.75, 3.05) is 20.2 Å². The Bertz CT molecular complexity index is 705. The number of methoxy groups -OCH3 is 1. The Kier molecular flexibility index (Phi) is 4.96. The van der Waals surface area contributed by atoms with E-state index < -0.39 is 26.8 Å². The van der Waals surface area contributed by atoms with E-state index >= 15 is 0 Å². The number of hydrogen-bond acceptors (Lipinski definition) is 5. The molecule has 8 heteroatoms. The number of carbonyl (C=O) groups is 1. The van der Waals surface area contributed by atoms with E-state index in [2.05, 4.69) is 15.9 Å². The number of rotatable bonds is 3. The molecule has 0 spiro atoms. The zero-order valence-electron chi connectivity index (χ0n) is 13.5. The number of carbonyl (C=O) groups excluding carboxylic acids is 1. The molecule has 0 saturated carbocycles. The molecule has 0 radical (unpaired) electrons. The van der Waals surface area contributed by atoms with Crippen LogP contribution >= 0.6 is 15.9 Å². The number of nitrogens with zero attached hydrogens (tertiary/aromatic N) is 1. The van der Waals surface area contributed by atoms with Crippen LogP contribution in [0.2, 0.25) is 0 Å². The summed E-state index contributed by atoms with van der Waals surface area (Å²) in [4.78, 5) is 13.4. The highest BCUT2D eigenvalue weighted by molar-refractivity contribution is 9.10. The number of hydrogen-bond donors (Lipinski definition) is 0. The maximum Gasteiger partial charge on any atom is 0.410 e. The van der Waals surface area contributed by atoms with Gasteiger partial charge in [-0.15, -0.1) is 0 Å².